The van der Waals surface area contributed by atoms with E-state index < -0.39 is 69.6 Å². The maximum Gasteiger partial charge on any atom is 0.255 e. The van der Waals surface area contributed by atoms with Gasteiger partial charge in [-0.25, -0.2) is 4.39 Å². The second-order valence-corrected chi connectivity index (χ2v) is 10.1. The van der Waals surface area contributed by atoms with E-state index in [1.54, 1.807) is 19.0 Å². The van der Waals surface area contributed by atoms with Crippen molar-refractivity contribution >= 4 is 28.9 Å². The van der Waals surface area contributed by atoms with E-state index in [-0.39, 0.29) is 47.3 Å². The number of Topliss-reactive ketones (excluding diaryl/α,β-unsaturated/α-hetero) is 2. The van der Waals surface area contributed by atoms with Crippen molar-refractivity contribution in [1.29, 1.82) is 0 Å². The quantitative estimate of drug-likeness (QED) is 0.181. The number of ketones is 2. The van der Waals surface area contributed by atoms with Crippen molar-refractivity contribution in [2.75, 3.05) is 33.9 Å². The minimum Gasteiger partial charge on any atom is -0.508 e. The summed E-state index contributed by atoms with van der Waals surface area (Å²) >= 11 is 0. The Balaban J connectivity index is 1.98. The number of hydrogen-bond donors (Lipinski definition) is 6. The number of nitrogens with two attached hydrogens (primary N) is 2. The summed E-state index contributed by atoms with van der Waals surface area (Å²) in [5.41, 5.74) is 6.53. The number of phenolic OH excluding ortho intramolecular Hbond substituents is 1. The standard InChI is InChI=1S/C24H29FN4O7/c1-28(2)7-10-15(25)9-5-8-6-11-17(29(3)4)20(32)14(23(27)35)22(34)24(11,36)21(33)12(8)18(30)13(9)19(31)16(10)26/h8,11,17,30-31,34,36H,5-7,26H2,1-4H3,(H2,27,35)/t8-,11-,17-,24-/m0/s1. The van der Waals surface area contributed by atoms with Crippen LogP contribution in [0.2, 0.25) is 0 Å². The number of aliphatic hydroxyl groups excluding tert-OH is 2. The predicted octanol–water partition coefficient (Wildman–Crippen LogP) is -0.253. The maximum atomic E-state index is 15.6. The first-order valence-electron chi connectivity index (χ1n) is 11.3. The van der Waals surface area contributed by atoms with Crippen molar-refractivity contribution in [2.24, 2.45) is 17.6 Å². The Hall–Kier alpha value is -3.48. The molecule has 36 heavy (non-hydrogen) atoms. The monoisotopic (exact) mass is 504 g/mol. The van der Waals surface area contributed by atoms with Crippen LogP contribution in [-0.4, -0.2) is 87.5 Å². The van der Waals surface area contributed by atoms with Gasteiger partial charge in [-0.1, -0.05) is 0 Å². The molecule has 194 valence electrons. The van der Waals surface area contributed by atoms with E-state index >= 15 is 4.39 Å². The van der Waals surface area contributed by atoms with Crippen LogP contribution in [0.1, 0.15) is 23.1 Å². The molecule has 1 saturated carbocycles. The Morgan fingerprint density at radius 2 is 1.78 bits per heavy atom. The SMILES string of the molecule is CN(C)Cc1c(N)c(O)c2c(c1F)C[C@H]1C[C@H]3[C@H](N(C)C)C(=O)C(C(N)=O)=C(O)[C@@]3(O)C(=O)C1=C2O. The summed E-state index contributed by atoms with van der Waals surface area (Å²) in [5, 5.41) is 44.2. The number of nitrogen functional groups attached to an aromatic ring is 1. The van der Waals surface area contributed by atoms with Crippen LogP contribution in [0.25, 0.3) is 5.76 Å². The minimum absolute atomic E-state index is 0.0248. The molecule has 1 aromatic carbocycles. The summed E-state index contributed by atoms with van der Waals surface area (Å²) in [6.45, 7) is 0.0631. The minimum atomic E-state index is -2.75. The number of hydrogen-bond acceptors (Lipinski definition) is 10. The number of primary amides is 1. The van der Waals surface area contributed by atoms with Gasteiger partial charge in [-0.15, -0.1) is 0 Å². The van der Waals surface area contributed by atoms with Gasteiger partial charge in [0.05, 0.1) is 17.3 Å². The van der Waals surface area contributed by atoms with Gasteiger partial charge in [0, 0.05) is 29.2 Å². The summed E-state index contributed by atoms with van der Waals surface area (Å²) in [7, 11) is 6.38. The number of halogens is 1. The number of nitrogens with zero attached hydrogens (tertiary/aromatic N) is 2. The van der Waals surface area contributed by atoms with Gasteiger partial charge in [0.1, 0.15) is 28.7 Å². The number of carbonyl (C=O) groups excluding carboxylic acids is 3. The van der Waals surface area contributed by atoms with Gasteiger partial charge in [-0.2, -0.15) is 0 Å². The molecule has 3 aliphatic carbocycles. The molecule has 0 aliphatic heterocycles. The molecule has 4 rings (SSSR count). The Labute approximate surface area is 206 Å². The first-order valence-corrected chi connectivity index (χ1v) is 11.3. The third-order valence-corrected chi connectivity index (χ3v) is 7.44. The smallest absolute Gasteiger partial charge is 0.255 e. The highest BCUT2D eigenvalue weighted by molar-refractivity contribution is 6.24. The third-order valence-electron chi connectivity index (χ3n) is 7.44. The number of amides is 1. The summed E-state index contributed by atoms with van der Waals surface area (Å²) in [5.74, 6) is -8.77. The number of anilines is 1. The molecular weight excluding hydrogens is 475 g/mol. The van der Waals surface area contributed by atoms with Crippen LogP contribution in [0.5, 0.6) is 5.75 Å². The van der Waals surface area contributed by atoms with Gasteiger partial charge in [0.15, 0.2) is 11.4 Å². The number of aliphatic hydroxyl groups is 3. The summed E-state index contributed by atoms with van der Waals surface area (Å²) in [6, 6.07) is -1.21. The van der Waals surface area contributed by atoms with Crippen LogP contribution in [0.4, 0.5) is 10.1 Å². The van der Waals surface area contributed by atoms with Crippen LogP contribution in [0.3, 0.4) is 0 Å². The zero-order valence-electron chi connectivity index (χ0n) is 20.3. The van der Waals surface area contributed by atoms with Crippen LogP contribution in [0, 0.1) is 17.7 Å². The molecule has 11 nitrogen and oxygen atoms in total. The fourth-order valence-corrected chi connectivity index (χ4v) is 5.88. The Morgan fingerprint density at radius 3 is 2.31 bits per heavy atom. The number of likely N-dealkylation sites (N-methyl/N-ethyl adjacent to an activating group) is 1. The molecule has 0 heterocycles. The molecule has 3 aliphatic rings. The van der Waals surface area contributed by atoms with Crippen molar-refractivity contribution in [3.63, 3.8) is 0 Å². The van der Waals surface area contributed by atoms with E-state index in [0.717, 1.165) is 0 Å². The topological polar surface area (TPSA) is 191 Å². The highest BCUT2D eigenvalue weighted by Crippen LogP contribution is 2.53. The van der Waals surface area contributed by atoms with Crippen molar-refractivity contribution in [3.8, 4) is 5.75 Å². The summed E-state index contributed by atoms with van der Waals surface area (Å²) in [6.07, 6.45) is -0.270. The van der Waals surface area contributed by atoms with Gasteiger partial charge in [-0.05, 0) is 47.0 Å². The van der Waals surface area contributed by atoms with Crippen molar-refractivity contribution in [1.82, 2.24) is 9.80 Å². The zero-order valence-corrected chi connectivity index (χ0v) is 20.3. The van der Waals surface area contributed by atoms with Gasteiger partial charge in [-0.3, -0.25) is 19.3 Å². The van der Waals surface area contributed by atoms with Gasteiger partial charge in [0.2, 0.25) is 5.78 Å². The molecular formula is C24H29FN4O7. The number of fused-ring (bicyclic) bond motifs is 3. The van der Waals surface area contributed by atoms with Crippen LogP contribution >= 0.6 is 0 Å². The van der Waals surface area contributed by atoms with Crippen LogP contribution in [-0.2, 0) is 27.3 Å². The van der Waals surface area contributed by atoms with Crippen molar-refractivity contribution in [2.45, 2.75) is 31.0 Å². The molecule has 0 spiro atoms. The lowest BCUT2D eigenvalue weighted by Gasteiger charge is -2.50. The average Bonchev–Trinajstić information content (AvgIpc) is 2.76. The van der Waals surface area contributed by atoms with Gasteiger partial charge >= 0.3 is 0 Å². The van der Waals surface area contributed by atoms with E-state index in [1.807, 2.05) is 0 Å². The fraction of sp³-hybridized carbons (Fsp3) is 0.458. The molecule has 12 heteroatoms. The second kappa shape index (κ2) is 8.29. The molecule has 0 radical (unpaired) electrons. The Kier molecular flexibility index (Phi) is 5.90. The average molecular weight is 505 g/mol. The normalized spacial score (nSPS) is 27.9. The number of rotatable bonds is 4. The van der Waals surface area contributed by atoms with E-state index in [2.05, 4.69) is 0 Å². The van der Waals surface area contributed by atoms with Crippen LogP contribution < -0.4 is 11.5 Å². The van der Waals surface area contributed by atoms with E-state index in [0.29, 0.717) is 0 Å². The lowest BCUT2D eigenvalue weighted by atomic mass is 9.57. The maximum absolute atomic E-state index is 15.6. The molecule has 1 aromatic rings. The first kappa shape index (κ1) is 25.6. The fourth-order valence-electron chi connectivity index (χ4n) is 5.88. The van der Waals surface area contributed by atoms with Crippen molar-refractivity contribution < 1.29 is 39.2 Å². The van der Waals surface area contributed by atoms with E-state index in [9.17, 15) is 34.8 Å². The largest absolute Gasteiger partial charge is 0.508 e. The molecule has 0 unspecified atom stereocenters. The van der Waals surface area contributed by atoms with Crippen LogP contribution in [0.15, 0.2) is 16.9 Å². The number of aromatic hydroxyl groups is 1. The predicted molar refractivity (Wildman–Crippen MR) is 126 cm³/mol. The highest BCUT2D eigenvalue weighted by atomic mass is 19.1. The molecule has 0 aromatic heterocycles. The Bertz CT molecular complexity index is 1290. The molecule has 4 atom stereocenters. The Morgan fingerprint density at radius 1 is 1.17 bits per heavy atom. The third kappa shape index (κ3) is 3.25. The molecule has 1 amide bonds. The van der Waals surface area contributed by atoms with E-state index in [4.69, 9.17) is 11.5 Å². The zero-order chi connectivity index (χ0) is 27.0. The summed E-state index contributed by atoms with van der Waals surface area (Å²) in [4.78, 5) is 41.8. The lowest BCUT2D eigenvalue weighted by Crippen LogP contribution is -2.65. The van der Waals surface area contributed by atoms with Crippen molar-refractivity contribution in [3.05, 3.63) is 39.4 Å². The van der Waals surface area contributed by atoms with Gasteiger partial charge < -0.3 is 36.8 Å². The summed E-state index contributed by atoms with van der Waals surface area (Å²) < 4.78 is 15.6. The molecule has 1 fully saturated rings. The van der Waals surface area contributed by atoms with Gasteiger partial charge in [0.25, 0.3) is 5.91 Å². The lowest BCUT2D eigenvalue weighted by molar-refractivity contribution is -0.153. The number of carbonyl (C=O) groups is 3. The van der Waals surface area contributed by atoms with E-state index in [1.165, 1.54) is 19.0 Å². The first-order chi connectivity index (χ1) is 16.7. The number of phenols is 1. The molecule has 0 saturated heterocycles. The molecule has 8 N–H and O–H groups in total. The molecule has 0 bridgehead atoms. The number of benzene rings is 1. The highest BCUT2D eigenvalue weighted by Gasteiger charge is 2.64. The second-order valence-electron chi connectivity index (χ2n) is 10.1.